The third-order valence-electron chi connectivity index (χ3n) is 5.32. The van der Waals surface area contributed by atoms with E-state index in [1.54, 1.807) is 29.3 Å². The van der Waals surface area contributed by atoms with Crippen molar-refractivity contribution in [1.82, 2.24) is 9.27 Å². The van der Waals surface area contributed by atoms with Crippen LogP contribution in [0.4, 0.5) is 14.2 Å². The van der Waals surface area contributed by atoms with Crippen LogP contribution in [0.2, 0.25) is 0 Å². The van der Waals surface area contributed by atoms with Gasteiger partial charge in [-0.15, -0.1) is 0 Å². The first-order chi connectivity index (χ1) is 12.6. The highest BCUT2D eigenvalue weighted by molar-refractivity contribution is 7.86. The van der Waals surface area contributed by atoms with E-state index in [9.17, 15) is 13.4 Å². The van der Waals surface area contributed by atoms with Gasteiger partial charge in [0.15, 0.2) is 0 Å². The van der Waals surface area contributed by atoms with E-state index >= 15 is 0 Å². The van der Waals surface area contributed by atoms with Crippen LogP contribution in [-0.2, 0) is 10.8 Å². The Balaban J connectivity index is 1.38. The normalized spacial score (nSPS) is 20.6. The number of rotatable bonds is 4. The molecule has 2 aromatic rings. The average Bonchev–Trinajstić information content (AvgIpc) is 3.31. The van der Waals surface area contributed by atoms with Gasteiger partial charge in [0.05, 0.1) is 15.5 Å². The number of hydrogen-bond acceptors (Lipinski definition) is 4. The van der Waals surface area contributed by atoms with Crippen molar-refractivity contribution in [1.29, 1.82) is 0 Å². The van der Waals surface area contributed by atoms with Gasteiger partial charge < -0.3 is 4.90 Å². The monoisotopic (exact) mass is 393 g/mol. The molecule has 138 valence electrons. The molecule has 1 aliphatic heterocycles. The molecule has 26 heavy (non-hydrogen) atoms. The second-order valence-corrected chi connectivity index (χ2v) is 9.51. The Kier molecular flexibility index (Phi) is 4.79. The second kappa shape index (κ2) is 7.08. The van der Waals surface area contributed by atoms with Crippen LogP contribution in [0.15, 0.2) is 41.4 Å². The number of urea groups is 1. The van der Waals surface area contributed by atoms with Crippen LogP contribution in [0.25, 0.3) is 0 Å². The van der Waals surface area contributed by atoms with Crippen molar-refractivity contribution < 1.29 is 13.4 Å². The van der Waals surface area contributed by atoms with Crippen LogP contribution < -0.4 is 5.32 Å². The number of nitrogens with zero attached hydrogens (tertiary/aromatic N) is 2. The third kappa shape index (κ3) is 3.40. The summed E-state index contributed by atoms with van der Waals surface area (Å²) in [6.45, 7) is 1.30. The van der Waals surface area contributed by atoms with Gasteiger partial charge in [0.2, 0.25) is 0 Å². The van der Waals surface area contributed by atoms with Gasteiger partial charge in [0, 0.05) is 24.2 Å². The lowest BCUT2D eigenvalue weighted by atomic mass is 9.91. The molecule has 0 spiro atoms. The molecule has 8 heteroatoms. The van der Waals surface area contributed by atoms with E-state index in [1.807, 2.05) is 0 Å². The van der Waals surface area contributed by atoms with Crippen molar-refractivity contribution in [2.75, 3.05) is 18.4 Å². The first kappa shape index (κ1) is 17.6. The Morgan fingerprint density at radius 3 is 2.69 bits per heavy atom. The summed E-state index contributed by atoms with van der Waals surface area (Å²) in [5.74, 6) is -0.0414. The average molecular weight is 394 g/mol. The standard InChI is InChI=1S/C18H20FN3O2S2/c19-14-2-1-3-15(12-14)26(24)18(7-8-18)13-5-10-22(11-6-13)17(23)21-16-4-9-20-25-16/h1-4,9,12-13H,5-8,10-11H2,(H,21,23). The van der Waals surface area contributed by atoms with Gasteiger partial charge in [-0.25, -0.2) is 9.18 Å². The fourth-order valence-electron chi connectivity index (χ4n) is 3.76. The Morgan fingerprint density at radius 1 is 1.31 bits per heavy atom. The largest absolute Gasteiger partial charge is 0.324 e. The van der Waals surface area contributed by atoms with Gasteiger partial charge in [0.1, 0.15) is 10.8 Å². The second-order valence-electron chi connectivity index (χ2n) is 6.86. The predicted molar refractivity (Wildman–Crippen MR) is 100 cm³/mol. The van der Waals surface area contributed by atoms with Gasteiger partial charge in [-0.1, -0.05) is 6.07 Å². The van der Waals surface area contributed by atoms with Crippen LogP contribution in [0.3, 0.4) is 0 Å². The van der Waals surface area contributed by atoms with Gasteiger partial charge in [0.25, 0.3) is 0 Å². The SMILES string of the molecule is O=C(Nc1ccns1)N1CCC(C2(S(=O)c3cccc(F)c3)CC2)CC1. The Hall–Kier alpha value is -1.80. The van der Waals surface area contributed by atoms with E-state index in [-0.39, 0.29) is 16.6 Å². The van der Waals surface area contributed by atoms with Gasteiger partial charge >= 0.3 is 6.03 Å². The highest BCUT2D eigenvalue weighted by Gasteiger charge is 2.55. The summed E-state index contributed by atoms with van der Waals surface area (Å²) >= 11 is 1.25. The summed E-state index contributed by atoms with van der Waals surface area (Å²) in [6.07, 6.45) is 5.14. The molecule has 2 heterocycles. The lowest BCUT2D eigenvalue weighted by Crippen LogP contribution is -2.44. The zero-order chi connectivity index (χ0) is 18.1. The molecule has 2 fully saturated rings. The third-order valence-corrected chi connectivity index (χ3v) is 8.14. The predicted octanol–water partition coefficient (Wildman–Crippen LogP) is 3.87. The van der Waals surface area contributed by atoms with Crippen molar-refractivity contribution in [2.45, 2.75) is 35.3 Å². The number of anilines is 1. The molecule has 1 aromatic carbocycles. The summed E-state index contributed by atoms with van der Waals surface area (Å²) in [6, 6.07) is 7.79. The van der Waals surface area contributed by atoms with E-state index in [0.29, 0.717) is 23.9 Å². The Morgan fingerprint density at radius 2 is 2.08 bits per heavy atom. The molecule has 4 rings (SSSR count). The molecule has 1 aliphatic carbocycles. The van der Waals surface area contributed by atoms with Crippen LogP contribution in [-0.4, -0.2) is 37.3 Å². The van der Waals surface area contributed by atoms with Crippen molar-refractivity contribution in [3.05, 3.63) is 42.3 Å². The molecule has 5 nitrogen and oxygen atoms in total. The zero-order valence-electron chi connectivity index (χ0n) is 14.2. The van der Waals surface area contributed by atoms with Gasteiger partial charge in [-0.3, -0.25) is 9.53 Å². The number of piperidine rings is 1. The topological polar surface area (TPSA) is 62.3 Å². The number of nitrogens with one attached hydrogen (secondary N) is 1. The number of benzene rings is 1. The van der Waals surface area contributed by atoms with Crippen LogP contribution >= 0.6 is 11.5 Å². The number of carbonyl (C=O) groups is 1. The van der Waals surface area contributed by atoms with Crippen molar-refractivity contribution >= 4 is 33.4 Å². The zero-order valence-corrected chi connectivity index (χ0v) is 15.8. The number of aromatic nitrogens is 1. The van der Waals surface area contributed by atoms with Crippen molar-refractivity contribution in [3.63, 3.8) is 0 Å². The maximum absolute atomic E-state index is 13.5. The van der Waals surface area contributed by atoms with E-state index in [2.05, 4.69) is 9.69 Å². The molecule has 1 N–H and O–H groups in total. The first-order valence-electron chi connectivity index (χ1n) is 8.72. The lowest BCUT2D eigenvalue weighted by Gasteiger charge is -2.36. The molecule has 2 amide bonds. The summed E-state index contributed by atoms with van der Waals surface area (Å²) in [5, 5.41) is 3.60. The fourth-order valence-corrected chi connectivity index (χ4v) is 6.15. The van der Waals surface area contributed by atoms with Gasteiger partial charge in [-0.2, -0.15) is 4.37 Å². The highest BCUT2D eigenvalue weighted by atomic mass is 32.2. The first-order valence-corrected chi connectivity index (χ1v) is 10.6. The number of hydrogen-bond donors (Lipinski definition) is 1. The van der Waals surface area contributed by atoms with Crippen molar-refractivity contribution in [3.8, 4) is 0 Å². The minimum absolute atomic E-state index is 0.108. The van der Waals surface area contributed by atoms with E-state index in [1.165, 1.54) is 23.7 Å². The molecule has 0 bridgehead atoms. The van der Waals surface area contributed by atoms with Crippen LogP contribution in [0.5, 0.6) is 0 Å². The quantitative estimate of drug-likeness (QED) is 0.858. The van der Waals surface area contributed by atoms with E-state index < -0.39 is 10.8 Å². The van der Waals surface area contributed by atoms with E-state index in [0.717, 1.165) is 30.7 Å². The number of likely N-dealkylation sites (tertiary alicyclic amines) is 1. The molecular weight excluding hydrogens is 373 g/mol. The molecule has 1 saturated heterocycles. The van der Waals surface area contributed by atoms with Crippen molar-refractivity contribution in [2.24, 2.45) is 5.92 Å². The number of amides is 2. The molecule has 1 saturated carbocycles. The molecule has 2 aliphatic rings. The maximum atomic E-state index is 13.5. The Bertz CT molecular complexity index is 816. The summed E-state index contributed by atoms with van der Waals surface area (Å²) < 4.78 is 30.3. The highest BCUT2D eigenvalue weighted by Crippen LogP contribution is 2.53. The Labute approximate surface area is 158 Å². The summed E-state index contributed by atoms with van der Waals surface area (Å²) in [5.41, 5.74) is 0. The van der Waals surface area contributed by atoms with E-state index in [4.69, 9.17) is 0 Å². The minimum atomic E-state index is -1.20. The smallest absolute Gasteiger partial charge is 0.322 e. The van der Waals surface area contributed by atoms with Gasteiger partial charge in [-0.05, 0) is 67.4 Å². The molecular formula is C18H20FN3O2S2. The minimum Gasteiger partial charge on any atom is -0.324 e. The molecule has 1 unspecified atom stereocenters. The van der Waals surface area contributed by atoms with Crippen LogP contribution in [0, 0.1) is 11.7 Å². The molecule has 1 aromatic heterocycles. The maximum Gasteiger partial charge on any atom is 0.322 e. The van der Waals surface area contributed by atoms with Crippen LogP contribution in [0.1, 0.15) is 25.7 Å². The summed E-state index contributed by atoms with van der Waals surface area (Å²) in [4.78, 5) is 14.7. The molecule has 0 radical (unpaired) electrons. The summed E-state index contributed by atoms with van der Waals surface area (Å²) in [7, 11) is -1.20. The number of halogens is 1. The molecule has 1 atom stereocenters. The lowest BCUT2D eigenvalue weighted by molar-refractivity contribution is 0.179. The number of carbonyl (C=O) groups excluding carboxylic acids is 1. The fraction of sp³-hybridized carbons (Fsp3) is 0.444.